The number of fused-ring (bicyclic) bond motifs is 5. The second-order valence-corrected chi connectivity index (χ2v) is 6.00. The first kappa shape index (κ1) is 12.0. The molecule has 6 unspecified atom stereocenters. The van der Waals surface area contributed by atoms with Crippen molar-refractivity contribution in [2.45, 2.75) is 39.2 Å². The van der Waals surface area contributed by atoms with E-state index in [0.717, 1.165) is 19.3 Å². The SMILES string of the molecule is CCC(C)C(=O)OC1CC2CC1C1C(=O)OCC21. The molecule has 0 aromatic rings. The van der Waals surface area contributed by atoms with E-state index < -0.39 is 0 Å². The van der Waals surface area contributed by atoms with Crippen LogP contribution in [0.2, 0.25) is 0 Å². The summed E-state index contributed by atoms with van der Waals surface area (Å²) in [6.45, 7) is 4.45. The zero-order valence-electron chi connectivity index (χ0n) is 10.9. The van der Waals surface area contributed by atoms with Crippen molar-refractivity contribution in [3.8, 4) is 0 Å². The van der Waals surface area contributed by atoms with Crippen molar-refractivity contribution in [3.63, 3.8) is 0 Å². The fourth-order valence-corrected chi connectivity index (χ4v) is 3.84. The second-order valence-electron chi connectivity index (χ2n) is 6.00. The maximum Gasteiger partial charge on any atom is 0.309 e. The molecule has 3 rings (SSSR count). The zero-order chi connectivity index (χ0) is 12.9. The van der Waals surface area contributed by atoms with Crippen LogP contribution in [0.3, 0.4) is 0 Å². The Balaban J connectivity index is 1.67. The number of esters is 2. The summed E-state index contributed by atoms with van der Waals surface area (Å²) >= 11 is 0. The van der Waals surface area contributed by atoms with Gasteiger partial charge in [-0.3, -0.25) is 9.59 Å². The van der Waals surface area contributed by atoms with Crippen LogP contribution in [0, 0.1) is 29.6 Å². The third-order valence-corrected chi connectivity index (χ3v) is 5.09. The lowest BCUT2D eigenvalue weighted by atomic mass is 9.80. The molecule has 1 aliphatic heterocycles. The monoisotopic (exact) mass is 252 g/mol. The molecule has 1 heterocycles. The number of hydrogen-bond donors (Lipinski definition) is 0. The molecule has 2 saturated carbocycles. The van der Waals surface area contributed by atoms with Crippen LogP contribution in [0.1, 0.15) is 33.1 Å². The lowest BCUT2D eigenvalue weighted by molar-refractivity contribution is -0.159. The Kier molecular flexibility index (Phi) is 2.83. The summed E-state index contributed by atoms with van der Waals surface area (Å²) < 4.78 is 10.8. The van der Waals surface area contributed by atoms with E-state index in [2.05, 4.69) is 0 Å². The number of hydrogen-bond acceptors (Lipinski definition) is 4. The molecular formula is C14H20O4. The summed E-state index contributed by atoms with van der Waals surface area (Å²) in [6, 6.07) is 0. The quantitative estimate of drug-likeness (QED) is 0.718. The van der Waals surface area contributed by atoms with Crippen LogP contribution < -0.4 is 0 Å². The van der Waals surface area contributed by atoms with E-state index in [9.17, 15) is 9.59 Å². The Labute approximate surface area is 107 Å². The molecule has 0 amide bonds. The Morgan fingerprint density at radius 3 is 2.94 bits per heavy atom. The van der Waals surface area contributed by atoms with E-state index in [4.69, 9.17) is 9.47 Å². The summed E-state index contributed by atoms with van der Waals surface area (Å²) in [5, 5.41) is 0. The maximum absolute atomic E-state index is 11.8. The van der Waals surface area contributed by atoms with Gasteiger partial charge in [0.15, 0.2) is 0 Å². The molecule has 0 radical (unpaired) electrons. The average molecular weight is 252 g/mol. The van der Waals surface area contributed by atoms with Crippen molar-refractivity contribution in [1.29, 1.82) is 0 Å². The summed E-state index contributed by atoms with van der Waals surface area (Å²) in [4.78, 5) is 23.5. The summed E-state index contributed by atoms with van der Waals surface area (Å²) in [5.74, 6) is 0.883. The first-order chi connectivity index (χ1) is 8.61. The summed E-state index contributed by atoms with van der Waals surface area (Å²) in [7, 11) is 0. The van der Waals surface area contributed by atoms with Crippen LogP contribution in [0.15, 0.2) is 0 Å². The number of rotatable bonds is 3. The van der Waals surface area contributed by atoms with Gasteiger partial charge in [0.2, 0.25) is 0 Å². The topological polar surface area (TPSA) is 52.6 Å². The molecule has 2 aliphatic carbocycles. The van der Waals surface area contributed by atoms with E-state index in [1.807, 2.05) is 13.8 Å². The van der Waals surface area contributed by atoms with Crippen LogP contribution in [-0.2, 0) is 19.1 Å². The Bertz CT molecular complexity index is 378. The second kappa shape index (κ2) is 4.25. The highest BCUT2D eigenvalue weighted by Crippen LogP contribution is 2.56. The molecule has 3 aliphatic rings. The van der Waals surface area contributed by atoms with Crippen LogP contribution >= 0.6 is 0 Å². The number of carbonyl (C=O) groups excluding carboxylic acids is 2. The van der Waals surface area contributed by atoms with E-state index in [1.54, 1.807) is 0 Å². The minimum absolute atomic E-state index is 0.00140. The van der Waals surface area contributed by atoms with Gasteiger partial charge in [-0.15, -0.1) is 0 Å². The van der Waals surface area contributed by atoms with Gasteiger partial charge in [-0.05, 0) is 25.2 Å². The number of ether oxygens (including phenoxy) is 2. The van der Waals surface area contributed by atoms with Gasteiger partial charge in [0, 0.05) is 11.8 Å². The predicted molar refractivity (Wildman–Crippen MR) is 63.5 cm³/mol. The minimum Gasteiger partial charge on any atom is -0.465 e. The van der Waals surface area contributed by atoms with Gasteiger partial charge in [0.25, 0.3) is 0 Å². The van der Waals surface area contributed by atoms with Crippen molar-refractivity contribution in [2.75, 3.05) is 6.61 Å². The molecule has 4 nitrogen and oxygen atoms in total. The van der Waals surface area contributed by atoms with E-state index in [1.165, 1.54) is 0 Å². The third kappa shape index (κ3) is 1.65. The van der Waals surface area contributed by atoms with Gasteiger partial charge in [0.05, 0.1) is 18.4 Å². The molecular weight excluding hydrogens is 232 g/mol. The van der Waals surface area contributed by atoms with E-state index in [0.29, 0.717) is 18.4 Å². The largest absolute Gasteiger partial charge is 0.465 e. The summed E-state index contributed by atoms with van der Waals surface area (Å²) in [5.41, 5.74) is 0. The normalized spacial score (nSPS) is 42.6. The fraction of sp³-hybridized carbons (Fsp3) is 0.857. The highest BCUT2D eigenvalue weighted by atomic mass is 16.6. The van der Waals surface area contributed by atoms with Gasteiger partial charge in [-0.25, -0.2) is 0 Å². The molecule has 0 N–H and O–H groups in total. The molecule has 2 bridgehead atoms. The van der Waals surface area contributed by atoms with Gasteiger partial charge in [-0.2, -0.15) is 0 Å². The highest BCUT2D eigenvalue weighted by molar-refractivity contribution is 5.76. The van der Waals surface area contributed by atoms with Crippen LogP contribution in [0.25, 0.3) is 0 Å². The van der Waals surface area contributed by atoms with Crippen molar-refractivity contribution >= 4 is 11.9 Å². The minimum atomic E-state index is -0.113. The van der Waals surface area contributed by atoms with Crippen LogP contribution in [0.4, 0.5) is 0 Å². The van der Waals surface area contributed by atoms with Crippen LogP contribution in [0.5, 0.6) is 0 Å². The van der Waals surface area contributed by atoms with Gasteiger partial charge < -0.3 is 9.47 Å². The van der Waals surface area contributed by atoms with Gasteiger partial charge in [0.1, 0.15) is 6.10 Å². The van der Waals surface area contributed by atoms with Gasteiger partial charge in [-0.1, -0.05) is 13.8 Å². The Morgan fingerprint density at radius 2 is 2.22 bits per heavy atom. The molecule has 0 aromatic carbocycles. The average Bonchev–Trinajstić information content (AvgIpc) is 3.01. The molecule has 18 heavy (non-hydrogen) atoms. The van der Waals surface area contributed by atoms with Crippen molar-refractivity contribution in [2.24, 2.45) is 29.6 Å². The van der Waals surface area contributed by atoms with E-state index >= 15 is 0 Å². The first-order valence-electron chi connectivity index (χ1n) is 6.99. The zero-order valence-corrected chi connectivity index (χ0v) is 10.9. The molecule has 1 saturated heterocycles. The maximum atomic E-state index is 11.8. The number of cyclic esters (lactones) is 1. The number of carbonyl (C=O) groups is 2. The van der Waals surface area contributed by atoms with Crippen LogP contribution in [-0.4, -0.2) is 24.6 Å². The Morgan fingerprint density at radius 1 is 1.44 bits per heavy atom. The fourth-order valence-electron chi connectivity index (χ4n) is 3.84. The molecule has 3 fully saturated rings. The third-order valence-electron chi connectivity index (χ3n) is 5.09. The first-order valence-corrected chi connectivity index (χ1v) is 6.99. The van der Waals surface area contributed by atoms with Crippen molar-refractivity contribution in [3.05, 3.63) is 0 Å². The van der Waals surface area contributed by atoms with Gasteiger partial charge >= 0.3 is 11.9 Å². The Hall–Kier alpha value is -1.06. The smallest absolute Gasteiger partial charge is 0.309 e. The lowest BCUT2D eigenvalue weighted by Gasteiger charge is -2.28. The highest BCUT2D eigenvalue weighted by Gasteiger charge is 2.60. The standard InChI is InChI=1S/C14H20O4/c1-3-7(2)13(15)18-11-5-8-4-9(11)12-10(8)6-17-14(12)16/h7-12H,3-6H2,1-2H3. The summed E-state index contributed by atoms with van der Waals surface area (Å²) in [6.07, 6.45) is 2.70. The molecule has 100 valence electrons. The van der Waals surface area contributed by atoms with Crippen molar-refractivity contribution in [1.82, 2.24) is 0 Å². The molecule has 4 heteroatoms. The van der Waals surface area contributed by atoms with E-state index in [-0.39, 0.29) is 35.8 Å². The lowest BCUT2D eigenvalue weighted by Crippen LogP contribution is -2.36. The predicted octanol–water partition coefficient (Wildman–Crippen LogP) is 1.77. The van der Waals surface area contributed by atoms with Crippen molar-refractivity contribution < 1.29 is 19.1 Å². The molecule has 6 atom stereocenters. The molecule has 0 aromatic heterocycles. The molecule has 0 spiro atoms.